The Hall–Kier alpha value is -2.38. The Morgan fingerprint density at radius 1 is 1.29 bits per heavy atom. The second-order valence-corrected chi connectivity index (χ2v) is 8.45. The summed E-state index contributed by atoms with van der Waals surface area (Å²) in [6.07, 6.45) is -6.52. The number of sulfonamides is 1. The Bertz CT molecular complexity index is 1170. The lowest BCUT2D eigenvalue weighted by atomic mass is 9.83. The summed E-state index contributed by atoms with van der Waals surface area (Å²) in [6.45, 7) is -0.387. The van der Waals surface area contributed by atoms with Crippen LogP contribution in [0.3, 0.4) is 0 Å². The molecule has 31 heavy (non-hydrogen) atoms. The molecular weight excluding hydrogens is 451 g/mol. The van der Waals surface area contributed by atoms with Crippen molar-refractivity contribution >= 4 is 15.7 Å². The summed E-state index contributed by atoms with van der Waals surface area (Å²) in [5.74, 6) is -2.80. The van der Waals surface area contributed by atoms with Gasteiger partial charge in [-0.25, -0.2) is 17.2 Å². The van der Waals surface area contributed by atoms with Crippen LogP contribution in [0.4, 0.5) is 27.6 Å². The average Bonchev–Trinajstić information content (AvgIpc) is 3.11. The normalized spacial score (nSPS) is 21.0. The summed E-state index contributed by atoms with van der Waals surface area (Å²) in [5.41, 5.74) is -4.08. The average molecular weight is 473 g/mol. The first kappa shape index (κ1) is 19.3. The number of hydrogen-bond acceptors (Lipinski definition) is 5. The maximum atomic E-state index is 14.3. The van der Waals surface area contributed by atoms with Crippen LogP contribution in [0.5, 0.6) is 5.75 Å². The Morgan fingerprint density at radius 2 is 2.03 bits per heavy atom. The first-order valence-electron chi connectivity index (χ1n) is 10.2. The van der Waals surface area contributed by atoms with E-state index >= 15 is 0 Å². The van der Waals surface area contributed by atoms with E-state index in [2.05, 4.69) is 14.5 Å². The monoisotopic (exact) mass is 473 g/mol. The lowest BCUT2D eigenvalue weighted by Crippen LogP contribution is -2.51. The topological polar surface area (TPSA) is 89.7 Å². The number of ether oxygens (including phenoxy) is 3. The third kappa shape index (κ3) is 4.34. The number of aromatic nitrogens is 1. The second-order valence-electron chi connectivity index (χ2n) is 6.80. The van der Waals surface area contributed by atoms with E-state index in [1.165, 1.54) is 7.11 Å². The van der Waals surface area contributed by atoms with E-state index in [1.807, 2.05) is 4.72 Å². The van der Waals surface area contributed by atoms with Gasteiger partial charge in [-0.3, -0.25) is 4.72 Å². The predicted molar refractivity (Wildman–Crippen MR) is 98.3 cm³/mol. The van der Waals surface area contributed by atoms with E-state index in [1.54, 1.807) is 0 Å². The number of nitrogens with one attached hydrogen (secondary N) is 2. The zero-order chi connectivity index (χ0) is 25.5. The molecule has 2 N–H and O–H groups in total. The van der Waals surface area contributed by atoms with E-state index in [4.69, 9.17) is 8.85 Å². The highest BCUT2D eigenvalue weighted by Gasteiger charge is 2.57. The van der Waals surface area contributed by atoms with Crippen LogP contribution in [0.25, 0.3) is 0 Å². The molecule has 1 aliphatic rings. The van der Waals surface area contributed by atoms with Crippen molar-refractivity contribution in [2.45, 2.75) is 35.9 Å². The maximum Gasteiger partial charge on any atom is 0.417 e. The lowest BCUT2D eigenvalue weighted by molar-refractivity contribution is -0.273. The first-order valence-corrected chi connectivity index (χ1v) is 10.2. The van der Waals surface area contributed by atoms with Crippen LogP contribution in [-0.2, 0) is 32.3 Å². The summed E-state index contributed by atoms with van der Waals surface area (Å²) >= 11 is 0. The fourth-order valence-corrected chi connectivity index (χ4v) is 4.59. The quantitative estimate of drug-likeness (QED) is 0.475. The number of alkyl halides is 3. The molecule has 0 radical (unpaired) electrons. The van der Waals surface area contributed by atoms with Gasteiger partial charge in [-0.15, -0.1) is 0 Å². The lowest BCUT2D eigenvalue weighted by Gasteiger charge is -2.37. The van der Waals surface area contributed by atoms with E-state index < -0.39 is 76.1 Å². The van der Waals surface area contributed by atoms with Crippen molar-refractivity contribution in [3.8, 4) is 5.75 Å². The fraction of sp³-hybridized carbons (Fsp3) is 0.444. The molecule has 13 heteroatoms. The molecular formula is C18H19F5N2O5S. The summed E-state index contributed by atoms with van der Waals surface area (Å²) in [7, 11) is -6.67. The van der Waals surface area contributed by atoms with Crippen molar-refractivity contribution in [1.29, 1.82) is 0 Å². The van der Waals surface area contributed by atoms with E-state index in [-0.39, 0.29) is 18.1 Å². The smallest absolute Gasteiger partial charge is 0.417 e. The van der Waals surface area contributed by atoms with Gasteiger partial charge in [-0.2, -0.15) is 13.2 Å². The van der Waals surface area contributed by atoms with Crippen LogP contribution in [0.1, 0.15) is 21.8 Å². The molecule has 1 aliphatic carbocycles. The molecule has 0 unspecified atom stereocenters. The SMILES string of the molecule is [2H]C([2H])([2H])O[C@]1(C(F)(F)F)CCc2c(S(=O)(=O)Nc3cc(F)c(OCOC)cc3F)c[nH]c2C1. The molecule has 0 saturated carbocycles. The minimum absolute atomic E-state index is 0.0533. The van der Waals surface area contributed by atoms with Crippen LogP contribution >= 0.6 is 0 Å². The minimum atomic E-state index is -5.06. The number of benzene rings is 1. The summed E-state index contributed by atoms with van der Waals surface area (Å²) in [5, 5.41) is 0. The molecule has 0 fully saturated rings. The molecule has 172 valence electrons. The largest absolute Gasteiger partial charge is 0.464 e. The van der Waals surface area contributed by atoms with Gasteiger partial charge in [-0.1, -0.05) is 0 Å². The van der Waals surface area contributed by atoms with Crippen molar-refractivity contribution in [2.75, 3.05) is 25.7 Å². The van der Waals surface area contributed by atoms with Crippen LogP contribution in [-0.4, -0.2) is 46.1 Å². The van der Waals surface area contributed by atoms with Gasteiger partial charge in [0.25, 0.3) is 10.0 Å². The van der Waals surface area contributed by atoms with Crippen molar-refractivity contribution < 1.29 is 48.7 Å². The molecule has 1 aromatic heterocycles. The van der Waals surface area contributed by atoms with Gasteiger partial charge < -0.3 is 19.2 Å². The number of methoxy groups -OCH3 is 2. The zero-order valence-corrected chi connectivity index (χ0v) is 16.7. The van der Waals surface area contributed by atoms with Gasteiger partial charge >= 0.3 is 6.18 Å². The van der Waals surface area contributed by atoms with Crippen molar-refractivity contribution in [2.24, 2.45) is 0 Å². The Morgan fingerprint density at radius 3 is 2.68 bits per heavy atom. The number of fused-ring (bicyclic) bond motifs is 1. The van der Waals surface area contributed by atoms with Gasteiger partial charge in [0.05, 0.1) is 9.80 Å². The van der Waals surface area contributed by atoms with Crippen molar-refractivity contribution in [3.05, 3.63) is 41.2 Å². The molecule has 0 saturated heterocycles. The van der Waals surface area contributed by atoms with E-state index in [9.17, 15) is 30.4 Å². The number of halogens is 5. The van der Waals surface area contributed by atoms with Crippen molar-refractivity contribution in [1.82, 2.24) is 4.98 Å². The second kappa shape index (κ2) is 8.28. The first-order chi connectivity index (χ1) is 15.6. The number of H-pyrrole nitrogens is 1. The highest BCUT2D eigenvalue weighted by atomic mass is 32.2. The van der Waals surface area contributed by atoms with E-state index in [0.717, 1.165) is 6.20 Å². The summed E-state index contributed by atoms with van der Waals surface area (Å²) in [4.78, 5) is 1.91. The Kier molecular flexibility index (Phi) is 5.16. The Labute approximate surface area is 178 Å². The molecule has 2 aromatic rings. The third-order valence-corrected chi connectivity index (χ3v) is 6.31. The molecule has 3 rings (SSSR count). The van der Waals surface area contributed by atoms with Gasteiger partial charge in [-0.05, 0) is 18.4 Å². The number of aromatic amines is 1. The van der Waals surface area contributed by atoms with Crippen molar-refractivity contribution in [3.63, 3.8) is 0 Å². The van der Waals surface area contributed by atoms with Gasteiger partial charge in [0, 0.05) is 44.6 Å². The van der Waals surface area contributed by atoms with Crippen LogP contribution in [0.15, 0.2) is 23.2 Å². The third-order valence-electron chi connectivity index (χ3n) is 4.88. The van der Waals surface area contributed by atoms with Crippen LogP contribution in [0.2, 0.25) is 0 Å². The van der Waals surface area contributed by atoms with Crippen LogP contribution < -0.4 is 9.46 Å². The van der Waals surface area contributed by atoms with Gasteiger partial charge in [0.15, 0.2) is 29.8 Å². The number of rotatable bonds is 7. The van der Waals surface area contributed by atoms with Gasteiger partial charge in [0.2, 0.25) is 0 Å². The standard InChI is InChI=1S/C18H19F5N2O5S/c1-28-9-30-15-6-11(19)13(5-12(15)20)25-31(26,27)16-8-24-14-7-17(29-2,18(21,22)23)4-3-10(14)16/h5-6,8,24-25H,3-4,7,9H2,1-2H3/t17-/m1/s1/i2D3. The van der Waals surface area contributed by atoms with Gasteiger partial charge in [0.1, 0.15) is 4.90 Å². The van der Waals surface area contributed by atoms with E-state index in [0.29, 0.717) is 12.1 Å². The molecule has 0 aliphatic heterocycles. The molecule has 0 amide bonds. The molecule has 7 nitrogen and oxygen atoms in total. The Balaban J connectivity index is 1.91. The molecule has 1 aromatic carbocycles. The highest BCUT2D eigenvalue weighted by molar-refractivity contribution is 7.92. The number of hydrogen-bond donors (Lipinski definition) is 2. The molecule has 1 heterocycles. The highest BCUT2D eigenvalue weighted by Crippen LogP contribution is 2.44. The molecule has 1 atom stereocenters. The predicted octanol–water partition coefficient (Wildman–Crippen LogP) is 3.51. The summed E-state index contributed by atoms with van der Waals surface area (Å²) in [6, 6.07) is 1.14. The summed E-state index contributed by atoms with van der Waals surface area (Å²) < 4.78 is 132. The zero-order valence-electron chi connectivity index (χ0n) is 18.9. The maximum absolute atomic E-state index is 14.3. The molecule has 0 bridgehead atoms. The fourth-order valence-electron chi connectivity index (χ4n) is 3.27. The minimum Gasteiger partial charge on any atom is -0.464 e. The number of anilines is 1. The molecule has 0 spiro atoms. The van der Waals surface area contributed by atoms with Crippen LogP contribution in [0, 0.1) is 11.6 Å².